The van der Waals surface area contributed by atoms with Gasteiger partial charge in [-0.1, -0.05) is 0 Å². The van der Waals surface area contributed by atoms with Gasteiger partial charge in [-0.05, 0) is 6.42 Å². The zero-order valence-electron chi connectivity index (χ0n) is 12.8. The smallest absolute Gasteiger partial charge is 0.219 e. The molecule has 4 heterocycles. The molecule has 22 heavy (non-hydrogen) atoms. The number of hydrogen-bond acceptors (Lipinski definition) is 6. The minimum Gasteiger partial charge on any atom is -0.392 e. The molecule has 6 nitrogen and oxygen atoms in total. The van der Waals surface area contributed by atoms with E-state index < -0.39 is 0 Å². The van der Waals surface area contributed by atoms with Crippen LogP contribution in [0.2, 0.25) is 0 Å². The fraction of sp³-hybridized carbons (Fsp3) is 0.733. The summed E-state index contributed by atoms with van der Waals surface area (Å²) in [5.41, 5.74) is 0.0311. The Morgan fingerprint density at radius 3 is 2.95 bits per heavy atom. The molecule has 0 saturated carbocycles. The fourth-order valence-corrected chi connectivity index (χ4v) is 5.01. The molecule has 3 aliphatic heterocycles. The summed E-state index contributed by atoms with van der Waals surface area (Å²) in [4.78, 5) is 23.0. The number of hydrogen-bond donors (Lipinski definition) is 1. The van der Waals surface area contributed by atoms with Crippen LogP contribution in [0, 0.1) is 0 Å². The number of fused-ring (bicyclic) bond motifs is 2. The third kappa shape index (κ3) is 2.36. The molecule has 7 heteroatoms. The monoisotopic (exact) mass is 322 g/mol. The predicted molar refractivity (Wildman–Crippen MR) is 83.5 cm³/mol. The first kappa shape index (κ1) is 14.6. The molecular formula is C15H22N4O2S. The summed E-state index contributed by atoms with van der Waals surface area (Å²) >= 11 is 1.69. The van der Waals surface area contributed by atoms with Crippen LogP contribution in [0.1, 0.15) is 18.4 Å². The number of aliphatic hydroxyl groups excluding tert-OH is 1. The molecule has 0 radical (unpaired) electrons. The van der Waals surface area contributed by atoms with Crippen LogP contribution in [0.4, 0.5) is 0 Å². The summed E-state index contributed by atoms with van der Waals surface area (Å²) in [5.74, 6) is 0.152. The first-order valence-electron chi connectivity index (χ1n) is 7.87. The topological polar surface area (TPSA) is 59.9 Å². The molecule has 0 aliphatic carbocycles. The quantitative estimate of drug-likeness (QED) is 0.830. The molecule has 3 aliphatic rings. The highest BCUT2D eigenvalue weighted by Crippen LogP contribution is 2.39. The van der Waals surface area contributed by atoms with Crippen molar-refractivity contribution in [2.24, 2.45) is 0 Å². The van der Waals surface area contributed by atoms with Gasteiger partial charge in [0.2, 0.25) is 5.91 Å². The highest BCUT2D eigenvalue weighted by atomic mass is 32.1. The third-order valence-corrected chi connectivity index (χ3v) is 6.01. The molecule has 2 atom stereocenters. The van der Waals surface area contributed by atoms with Crippen LogP contribution in [0.15, 0.2) is 11.6 Å². The number of amides is 1. The summed E-state index contributed by atoms with van der Waals surface area (Å²) in [6, 6.07) is 0.315. The van der Waals surface area contributed by atoms with Crippen molar-refractivity contribution in [3.8, 4) is 0 Å². The Morgan fingerprint density at radius 2 is 2.27 bits per heavy atom. The highest BCUT2D eigenvalue weighted by molar-refractivity contribution is 7.09. The van der Waals surface area contributed by atoms with Crippen molar-refractivity contribution < 1.29 is 9.90 Å². The minimum atomic E-state index is -0.248. The number of β-amino-alcohol motifs (C(OH)–C–C–N with tert-alkyl or cyclic N) is 1. The van der Waals surface area contributed by atoms with Gasteiger partial charge in [0.05, 0.1) is 18.2 Å². The maximum absolute atomic E-state index is 11.9. The number of thiazole rings is 1. The Kier molecular flexibility index (Phi) is 3.48. The van der Waals surface area contributed by atoms with Gasteiger partial charge in [0.25, 0.3) is 0 Å². The van der Waals surface area contributed by atoms with Crippen molar-refractivity contribution in [2.45, 2.75) is 37.6 Å². The lowest BCUT2D eigenvalue weighted by Crippen LogP contribution is -2.78. The molecule has 0 aromatic carbocycles. The van der Waals surface area contributed by atoms with Crippen LogP contribution in [0.25, 0.3) is 0 Å². The number of carbonyl (C=O) groups is 1. The summed E-state index contributed by atoms with van der Waals surface area (Å²) < 4.78 is 0. The average Bonchev–Trinajstić information content (AvgIpc) is 3.04. The van der Waals surface area contributed by atoms with Gasteiger partial charge >= 0.3 is 0 Å². The Morgan fingerprint density at radius 1 is 1.45 bits per heavy atom. The molecular weight excluding hydrogens is 300 g/mol. The van der Waals surface area contributed by atoms with Gasteiger partial charge in [0.1, 0.15) is 5.01 Å². The van der Waals surface area contributed by atoms with Crippen LogP contribution >= 0.6 is 11.3 Å². The van der Waals surface area contributed by atoms with Crippen LogP contribution in [-0.2, 0) is 11.3 Å². The van der Waals surface area contributed by atoms with Gasteiger partial charge in [-0.3, -0.25) is 14.6 Å². The van der Waals surface area contributed by atoms with Crippen molar-refractivity contribution in [1.82, 2.24) is 19.7 Å². The van der Waals surface area contributed by atoms with Crippen molar-refractivity contribution in [1.29, 1.82) is 0 Å². The lowest BCUT2D eigenvalue weighted by atomic mass is 9.83. The molecule has 3 saturated heterocycles. The van der Waals surface area contributed by atoms with E-state index in [0.717, 1.165) is 50.7 Å². The number of likely N-dealkylation sites (tertiary alicyclic amines) is 1. The third-order valence-electron chi connectivity index (χ3n) is 5.24. The van der Waals surface area contributed by atoms with Gasteiger partial charge in [-0.25, -0.2) is 4.98 Å². The SMILES string of the molecule is CC(=O)N1C[C@@H]2C[C@@H](O)CN2C2(CN(Cc3nccs3)C2)C1. The van der Waals surface area contributed by atoms with Gasteiger partial charge in [-0.2, -0.15) is 0 Å². The van der Waals surface area contributed by atoms with E-state index in [2.05, 4.69) is 14.8 Å². The maximum atomic E-state index is 11.9. The standard InChI is InChI=1S/C15H22N4O2S/c1-11(20)18-5-12-4-13(21)6-19(12)15(10-18)8-17(9-15)7-14-16-2-3-22-14/h2-3,12-13,21H,4-10H2,1H3/t12-,13+/m0/s1. The normalized spacial score (nSPS) is 31.3. The number of carbonyl (C=O) groups excluding carboxylic acids is 1. The Balaban J connectivity index is 1.48. The second kappa shape index (κ2) is 5.26. The summed E-state index contributed by atoms with van der Waals surface area (Å²) in [6.45, 7) is 6.77. The average molecular weight is 322 g/mol. The molecule has 4 rings (SSSR count). The zero-order chi connectivity index (χ0) is 15.3. The predicted octanol–water partition coefficient (Wildman–Crippen LogP) is -0.00520. The van der Waals surface area contributed by atoms with E-state index in [1.807, 2.05) is 16.5 Å². The van der Waals surface area contributed by atoms with E-state index in [4.69, 9.17) is 0 Å². The number of nitrogens with zero attached hydrogens (tertiary/aromatic N) is 4. The molecule has 120 valence electrons. The van der Waals surface area contributed by atoms with Crippen molar-refractivity contribution in [3.63, 3.8) is 0 Å². The molecule has 1 aromatic rings. The van der Waals surface area contributed by atoms with Gasteiger partial charge in [0.15, 0.2) is 0 Å². The van der Waals surface area contributed by atoms with Gasteiger partial charge in [-0.15, -0.1) is 11.3 Å². The van der Waals surface area contributed by atoms with Crippen molar-refractivity contribution in [3.05, 3.63) is 16.6 Å². The first-order valence-corrected chi connectivity index (χ1v) is 8.75. The lowest BCUT2D eigenvalue weighted by molar-refractivity contribution is -0.149. The van der Waals surface area contributed by atoms with E-state index in [0.29, 0.717) is 6.04 Å². The molecule has 1 amide bonds. The number of piperazine rings is 1. The van der Waals surface area contributed by atoms with Crippen LogP contribution in [0.3, 0.4) is 0 Å². The molecule has 1 spiro atoms. The minimum absolute atomic E-state index is 0.0311. The van der Waals surface area contributed by atoms with Crippen LogP contribution in [0.5, 0.6) is 0 Å². The maximum Gasteiger partial charge on any atom is 0.219 e. The second-order valence-corrected chi connectivity index (χ2v) is 7.87. The largest absolute Gasteiger partial charge is 0.392 e. The Labute approximate surface area is 134 Å². The van der Waals surface area contributed by atoms with E-state index in [1.165, 1.54) is 0 Å². The van der Waals surface area contributed by atoms with E-state index >= 15 is 0 Å². The van der Waals surface area contributed by atoms with Crippen LogP contribution < -0.4 is 0 Å². The molecule has 3 fully saturated rings. The number of aromatic nitrogens is 1. The molecule has 0 bridgehead atoms. The fourth-order valence-electron chi connectivity index (χ4n) is 4.35. The van der Waals surface area contributed by atoms with E-state index in [1.54, 1.807) is 18.3 Å². The summed E-state index contributed by atoms with van der Waals surface area (Å²) in [6.07, 6.45) is 2.39. The van der Waals surface area contributed by atoms with Gasteiger partial charge < -0.3 is 10.0 Å². The lowest BCUT2D eigenvalue weighted by Gasteiger charge is -2.60. The second-order valence-electron chi connectivity index (χ2n) is 6.89. The number of aliphatic hydroxyl groups is 1. The van der Waals surface area contributed by atoms with E-state index in [9.17, 15) is 9.90 Å². The van der Waals surface area contributed by atoms with Crippen LogP contribution in [-0.4, -0.2) is 81.1 Å². The van der Waals surface area contributed by atoms with Crippen molar-refractivity contribution in [2.75, 3.05) is 32.7 Å². The molecule has 1 N–H and O–H groups in total. The Hall–Kier alpha value is -1.02. The zero-order valence-corrected chi connectivity index (χ0v) is 13.6. The van der Waals surface area contributed by atoms with E-state index in [-0.39, 0.29) is 17.6 Å². The van der Waals surface area contributed by atoms with Gasteiger partial charge in [0, 0.05) is 57.3 Å². The first-order chi connectivity index (χ1) is 10.6. The Bertz CT molecular complexity index is 558. The highest BCUT2D eigenvalue weighted by Gasteiger charge is 2.56. The number of rotatable bonds is 2. The summed E-state index contributed by atoms with van der Waals surface area (Å²) in [5, 5.41) is 13.2. The summed E-state index contributed by atoms with van der Waals surface area (Å²) in [7, 11) is 0. The molecule has 0 unspecified atom stereocenters. The molecule has 1 aromatic heterocycles. The van der Waals surface area contributed by atoms with Crippen molar-refractivity contribution >= 4 is 17.2 Å².